The summed E-state index contributed by atoms with van der Waals surface area (Å²) in [5.41, 5.74) is 0.699. The lowest BCUT2D eigenvalue weighted by atomic mass is 10.0. The molecule has 1 nitrogen and oxygen atoms in total. The van der Waals surface area contributed by atoms with Crippen LogP contribution in [-0.2, 0) is 0 Å². The van der Waals surface area contributed by atoms with E-state index < -0.39 is 17.0 Å². The molecule has 0 radical (unpaired) electrons. The average molecular weight is 331 g/mol. The summed E-state index contributed by atoms with van der Waals surface area (Å²) in [6.45, 7) is 3.84. The first-order valence-corrected chi connectivity index (χ1v) is 7.25. The molecule has 0 aliphatic heterocycles. The molecule has 0 bridgehead atoms. The lowest BCUT2D eigenvalue weighted by molar-refractivity contribution is 0.242. The summed E-state index contributed by atoms with van der Waals surface area (Å²) in [5.74, 6) is -0.636. The predicted octanol–water partition coefficient (Wildman–Crippen LogP) is 5.73. The highest BCUT2D eigenvalue weighted by Gasteiger charge is 2.18. The van der Waals surface area contributed by atoms with Gasteiger partial charge in [0, 0.05) is 5.56 Å². The Hall–Kier alpha value is -1.32. The largest absolute Gasteiger partial charge is 0.491 e. The zero-order valence-electron chi connectivity index (χ0n) is 11.5. The van der Waals surface area contributed by atoms with E-state index in [0.29, 0.717) is 11.3 Å². The lowest BCUT2D eigenvalue weighted by Crippen LogP contribution is -2.05. The predicted molar refractivity (Wildman–Crippen MR) is 81.3 cm³/mol. The Labute approximate surface area is 132 Å². The highest BCUT2D eigenvalue weighted by Crippen LogP contribution is 2.33. The summed E-state index contributed by atoms with van der Waals surface area (Å²) >= 11 is 11.8. The van der Waals surface area contributed by atoms with Gasteiger partial charge in [0.2, 0.25) is 0 Å². The zero-order chi connectivity index (χ0) is 15.6. The smallest absolute Gasteiger partial charge is 0.142 e. The molecule has 0 N–H and O–H groups in total. The van der Waals surface area contributed by atoms with Gasteiger partial charge in [-0.2, -0.15) is 0 Å². The monoisotopic (exact) mass is 330 g/mol. The van der Waals surface area contributed by atoms with Gasteiger partial charge in [-0.25, -0.2) is 8.78 Å². The van der Waals surface area contributed by atoms with E-state index in [0.717, 1.165) is 12.1 Å². The van der Waals surface area contributed by atoms with Crippen LogP contribution in [0.4, 0.5) is 8.78 Å². The van der Waals surface area contributed by atoms with Crippen LogP contribution < -0.4 is 4.74 Å². The van der Waals surface area contributed by atoms with Crippen LogP contribution in [0.15, 0.2) is 36.4 Å². The van der Waals surface area contributed by atoms with E-state index in [9.17, 15) is 8.78 Å². The third-order valence-electron chi connectivity index (χ3n) is 2.86. The fraction of sp³-hybridized carbons (Fsp3) is 0.250. The molecule has 21 heavy (non-hydrogen) atoms. The molecule has 0 saturated heterocycles. The van der Waals surface area contributed by atoms with Gasteiger partial charge < -0.3 is 4.74 Å². The van der Waals surface area contributed by atoms with Crippen molar-refractivity contribution in [3.8, 4) is 5.75 Å². The first-order valence-electron chi connectivity index (χ1n) is 6.43. The van der Waals surface area contributed by atoms with Gasteiger partial charge in [0.05, 0.1) is 16.5 Å². The molecule has 0 fully saturated rings. The Morgan fingerprint density at radius 1 is 1.00 bits per heavy atom. The molecule has 0 amide bonds. The van der Waals surface area contributed by atoms with Gasteiger partial charge in [-0.05, 0) is 43.7 Å². The first-order chi connectivity index (χ1) is 9.88. The molecular weight excluding hydrogens is 317 g/mol. The van der Waals surface area contributed by atoms with Crippen molar-refractivity contribution in [1.82, 2.24) is 0 Å². The van der Waals surface area contributed by atoms with Crippen LogP contribution in [-0.4, -0.2) is 6.10 Å². The summed E-state index contributed by atoms with van der Waals surface area (Å²) in [7, 11) is 0. The number of benzene rings is 2. The van der Waals surface area contributed by atoms with Crippen LogP contribution in [0.1, 0.15) is 30.4 Å². The Bertz CT molecular complexity index is 627. The summed E-state index contributed by atoms with van der Waals surface area (Å²) in [5, 5.41) is -1.06. The fourth-order valence-electron chi connectivity index (χ4n) is 1.90. The lowest BCUT2D eigenvalue weighted by Gasteiger charge is -2.14. The van der Waals surface area contributed by atoms with Crippen molar-refractivity contribution in [3.63, 3.8) is 0 Å². The Kier molecular flexibility index (Phi) is 5.07. The summed E-state index contributed by atoms with van der Waals surface area (Å²) in [6, 6.07) is 8.89. The molecule has 0 saturated carbocycles. The van der Waals surface area contributed by atoms with Gasteiger partial charge >= 0.3 is 0 Å². The second kappa shape index (κ2) is 6.63. The molecule has 2 rings (SSSR count). The maximum Gasteiger partial charge on any atom is 0.142 e. The van der Waals surface area contributed by atoms with Gasteiger partial charge in [0.25, 0.3) is 0 Å². The third-order valence-corrected chi connectivity index (χ3v) is 3.63. The molecule has 2 aromatic rings. The minimum absolute atomic E-state index is 0.0519. The molecule has 0 aliphatic rings. The Morgan fingerprint density at radius 2 is 1.62 bits per heavy atom. The average Bonchev–Trinajstić information content (AvgIpc) is 2.42. The van der Waals surface area contributed by atoms with E-state index in [1.165, 1.54) is 0 Å². The third kappa shape index (κ3) is 3.86. The second-order valence-corrected chi connectivity index (χ2v) is 5.73. The van der Waals surface area contributed by atoms with E-state index in [4.69, 9.17) is 27.9 Å². The van der Waals surface area contributed by atoms with Crippen molar-refractivity contribution in [2.45, 2.75) is 25.3 Å². The van der Waals surface area contributed by atoms with Gasteiger partial charge in [0.15, 0.2) is 0 Å². The van der Waals surface area contributed by atoms with Gasteiger partial charge in [0.1, 0.15) is 17.4 Å². The normalized spacial score (nSPS) is 12.5. The number of rotatable bonds is 4. The first kappa shape index (κ1) is 16.1. The molecule has 2 aromatic carbocycles. The standard InChI is InChI=1S/C16H14Cl2F2O/c1-9(2)21-11-5-3-10(4-6-11)16(18)12-7-15(20)13(17)8-14(12)19/h3-9,16H,1-2H3. The van der Waals surface area contributed by atoms with Crippen LogP contribution in [0.25, 0.3) is 0 Å². The second-order valence-electron chi connectivity index (χ2n) is 4.89. The molecule has 0 aliphatic carbocycles. The number of hydrogen-bond acceptors (Lipinski definition) is 1. The van der Waals surface area contributed by atoms with Crippen molar-refractivity contribution >= 4 is 23.2 Å². The molecule has 0 spiro atoms. The van der Waals surface area contributed by atoms with Crippen LogP contribution in [0.2, 0.25) is 5.02 Å². The maximum absolute atomic E-state index is 13.9. The SMILES string of the molecule is CC(C)Oc1ccc(C(Cl)c2cc(F)c(Cl)cc2F)cc1. The van der Waals surface area contributed by atoms with Crippen LogP contribution >= 0.6 is 23.2 Å². The Morgan fingerprint density at radius 3 is 2.19 bits per heavy atom. The van der Waals surface area contributed by atoms with Crippen molar-refractivity contribution in [1.29, 1.82) is 0 Å². The van der Waals surface area contributed by atoms with E-state index in [2.05, 4.69) is 0 Å². The minimum Gasteiger partial charge on any atom is -0.491 e. The molecule has 5 heteroatoms. The van der Waals surface area contributed by atoms with Crippen molar-refractivity contribution < 1.29 is 13.5 Å². The summed E-state index contributed by atoms with van der Waals surface area (Å²) < 4.78 is 32.8. The van der Waals surface area contributed by atoms with Crippen molar-refractivity contribution in [2.75, 3.05) is 0 Å². The van der Waals surface area contributed by atoms with E-state index >= 15 is 0 Å². The van der Waals surface area contributed by atoms with Crippen LogP contribution in [0.5, 0.6) is 5.75 Å². The minimum atomic E-state index is -0.801. The quantitative estimate of drug-likeness (QED) is 0.513. The molecule has 112 valence electrons. The van der Waals surface area contributed by atoms with Crippen LogP contribution in [0.3, 0.4) is 0 Å². The zero-order valence-corrected chi connectivity index (χ0v) is 13.1. The van der Waals surface area contributed by atoms with Gasteiger partial charge in [-0.3, -0.25) is 0 Å². The summed E-state index contributed by atoms with van der Waals surface area (Å²) in [6.07, 6.45) is 0.0606. The van der Waals surface area contributed by atoms with Gasteiger partial charge in [-0.15, -0.1) is 11.6 Å². The highest BCUT2D eigenvalue weighted by atomic mass is 35.5. The highest BCUT2D eigenvalue weighted by molar-refractivity contribution is 6.30. The van der Waals surface area contributed by atoms with E-state index in [1.54, 1.807) is 24.3 Å². The molecular formula is C16H14Cl2F2O. The number of ether oxygens (including phenoxy) is 1. The molecule has 0 heterocycles. The topological polar surface area (TPSA) is 9.23 Å². The number of alkyl halides is 1. The van der Waals surface area contributed by atoms with Gasteiger partial charge in [-0.1, -0.05) is 23.7 Å². The summed E-state index contributed by atoms with van der Waals surface area (Å²) in [4.78, 5) is 0. The Balaban J connectivity index is 2.27. The number of hydrogen-bond donors (Lipinski definition) is 0. The number of halogens is 4. The van der Waals surface area contributed by atoms with Crippen molar-refractivity contribution in [3.05, 3.63) is 64.2 Å². The fourth-order valence-corrected chi connectivity index (χ4v) is 2.36. The van der Waals surface area contributed by atoms with E-state index in [-0.39, 0.29) is 16.7 Å². The van der Waals surface area contributed by atoms with Crippen molar-refractivity contribution in [2.24, 2.45) is 0 Å². The molecule has 0 aromatic heterocycles. The molecule has 1 atom stereocenters. The van der Waals surface area contributed by atoms with E-state index in [1.807, 2.05) is 13.8 Å². The van der Waals surface area contributed by atoms with Crippen LogP contribution in [0, 0.1) is 11.6 Å². The molecule has 1 unspecified atom stereocenters. The maximum atomic E-state index is 13.9.